The highest BCUT2D eigenvalue weighted by Gasteiger charge is 2.24. The molecule has 0 unspecified atom stereocenters. The van der Waals surface area contributed by atoms with Gasteiger partial charge in [-0.2, -0.15) is 16.8 Å². The van der Waals surface area contributed by atoms with Gasteiger partial charge >= 0.3 is 0 Å². The lowest BCUT2D eigenvalue weighted by atomic mass is 10.3. The summed E-state index contributed by atoms with van der Waals surface area (Å²) in [5.74, 6) is -2.43. The molecule has 0 fully saturated rings. The molecule has 154 valence electrons. The van der Waals surface area contributed by atoms with Crippen molar-refractivity contribution in [1.29, 1.82) is 0 Å². The first-order valence-electron chi connectivity index (χ1n) is 7.31. The van der Waals surface area contributed by atoms with Crippen LogP contribution >= 0.6 is 0 Å². The van der Waals surface area contributed by atoms with Crippen LogP contribution in [-0.4, -0.2) is 45.9 Å². The number of nitrogens with two attached hydrogens (primary N) is 2. The Hall–Kier alpha value is -2.39. The second-order valence-electron chi connectivity index (χ2n) is 5.59. The summed E-state index contributed by atoms with van der Waals surface area (Å²) in [7, 11) is -13.4. The topological polar surface area (TPSA) is 204 Å². The van der Waals surface area contributed by atoms with Gasteiger partial charge in [0.1, 0.15) is 21.3 Å². The summed E-state index contributed by atoms with van der Waals surface area (Å²) in [6.07, 6.45) is 0. The highest BCUT2D eigenvalue weighted by Crippen LogP contribution is 2.33. The third-order valence-electron chi connectivity index (χ3n) is 3.40. The van der Waals surface area contributed by atoms with Gasteiger partial charge in [-0.25, -0.2) is 8.42 Å². The van der Waals surface area contributed by atoms with E-state index in [0.29, 0.717) is 0 Å². The second-order valence-corrected chi connectivity index (χ2v) is 10.6. The maximum Gasteiger partial charge on any atom is 0.296 e. The Kier molecular flexibility index (Phi) is 5.91. The zero-order chi connectivity index (χ0) is 21.3. The maximum absolute atomic E-state index is 12.5. The van der Waals surface area contributed by atoms with Crippen LogP contribution in [0.15, 0.2) is 46.2 Å². The molecule has 0 radical (unpaired) electrons. The van der Waals surface area contributed by atoms with E-state index in [1.807, 2.05) is 0 Å². The first-order chi connectivity index (χ1) is 12.7. The van der Waals surface area contributed by atoms with Crippen LogP contribution in [0, 0.1) is 0 Å². The van der Waals surface area contributed by atoms with Gasteiger partial charge in [0.25, 0.3) is 20.2 Å². The molecule has 0 aromatic heterocycles. The second kappa shape index (κ2) is 7.56. The van der Waals surface area contributed by atoms with E-state index in [2.05, 4.69) is 0 Å². The Morgan fingerprint density at radius 2 is 1.46 bits per heavy atom. The summed E-state index contributed by atoms with van der Waals surface area (Å²) in [5, 5.41) is 0. The van der Waals surface area contributed by atoms with E-state index in [9.17, 15) is 29.8 Å². The molecule has 0 amide bonds. The predicted molar refractivity (Wildman–Crippen MR) is 100 cm³/mol. The molecule has 0 saturated heterocycles. The first-order valence-corrected chi connectivity index (χ1v) is 12.0. The number of anilines is 2. The fourth-order valence-corrected chi connectivity index (χ4v) is 5.41. The zero-order valence-electron chi connectivity index (χ0n) is 14.0. The number of nitrogen functional groups attached to an aromatic ring is 2. The van der Waals surface area contributed by atoms with Crippen LogP contribution in [0.5, 0.6) is 11.5 Å². The van der Waals surface area contributed by atoms with Gasteiger partial charge in [-0.1, -0.05) is 0 Å². The summed E-state index contributed by atoms with van der Waals surface area (Å²) in [4.78, 5) is -1.11. The van der Waals surface area contributed by atoms with E-state index in [-0.39, 0.29) is 22.9 Å². The molecule has 0 aliphatic heterocycles. The third kappa shape index (κ3) is 5.56. The summed E-state index contributed by atoms with van der Waals surface area (Å²) in [6.45, 7) is 0. The first kappa shape index (κ1) is 21.9. The molecule has 2 rings (SSSR count). The van der Waals surface area contributed by atoms with Crippen LogP contribution in [0.1, 0.15) is 0 Å². The van der Waals surface area contributed by atoms with Gasteiger partial charge < -0.3 is 16.2 Å². The Labute approximate surface area is 161 Å². The molecule has 6 N–H and O–H groups in total. The lowest BCUT2D eigenvalue weighted by Gasteiger charge is -2.13. The van der Waals surface area contributed by atoms with Crippen molar-refractivity contribution in [1.82, 2.24) is 0 Å². The van der Waals surface area contributed by atoms with E-state index in [0.717, 1.165) is 18.2 Å². The van der Waals surface area contributed by atoms with Crippen molar-refractivity contribution in [2.24, 2.45) is 0 Å². The van der Waals surface area contributed by atoms with Crippen molar-refractivity contribution in [3.63, 3.8) is 0 Å². The molecule has 0 saturated carbocycles. The minimum Gasteiger partial charge on any atom is -0.456 e. The van der Waals surface area contributed by atoms with Crippen LogP contribution in [0.3, 0.4) is 0 Å². The van der Waals surface area contributed by atoms with Crippen LogP contribution in [0.2, 0.25) is 0 Å². The van der Waals surface area contributed by atoms with Gasteiger partial charge in [0.2, 0.25) is 0 Å². The molecule has 0 aliphatic carbocycles. The maximum atomic E-state index is 12.5. The summed E-state index contributed by atoms with van der Waals surface area (Å²) >= 11 is 0. The van der Waals surface area contributed by atoms with E-state index in [1.165, 1.54) is 18.2 Å². The largest absolute Gasteiger partial charge is 0.456 e. The monoisotopic (exact) mass is 452 g/mol. The van der Waals surface area contributed by atoms with Gasteiger partial charge in [0.05, 0.1) is 17.2 Å². The molecular formula is C14H16N2O9S3. The fraction of sp³-hybridized carbons (Fsp3) is 0.143. The minimum atomic E-state index is -4.66. The van der Waals surface area contributed by atoms with Crippen molar-refractivity contribution in [2.45, 2.75) is 9.79 Å². The molecule has 2 aromatic rings. The number of benzene rings is 2. The van der Waals surface area contributed by atoms with Crippen molar-refractivity contribution in [3.8, 4) is 11.5 Å². The van der Waals surface area contributed by atoms with E-state index in [1.54, 1.807) is 0 Å². The molecule has 2 aromatic carbocycles. The molecule has 0 bridgehead atoms. The molecule has 0 aliphatic rings. The van der Waals surface area contributed by atoms with Crippen molar-refractivity contribution in [2.75, 3.05) is 23.0 Å². The van der Waals surface area contributed by atoms with E-state index < -0.39 is 51.4 Å². The molecular weight excluding hydrogens is 436 g/mol. The Bertz CT molecular complexity index is 1220. The van der Waals surface area contributed by atoms with E-state index >= 15 is 0 Å². The Morgan fingerprint density at radius 3 is 2.04 bits per heavy atom. The zero-order valence-corrected chi connectivity index (χ0v) is 16.5. The van der Waals surface area contributed by atoms with Gasteiger partial charge in [-0.3, -0.25) is 9.11 Å². The number of ether oxygens (including phenoxy) is 1. The van der Waals surface area contributed by atoms with Crippen molar-refractivity contribution in [3.05, 3.63) is 36.4 Å². The van der Waals surface area contributed by atoms with Crippen molar-refractivity contribution >= 4 is 41.4 Å². The van der Waals surface area contributed by atoms with Gasteiger partial charge in [-0.15, -0.1) is 0 Å². The molecule has 11 nitrogen and oxygen atoms in total. The summed E-state index contributed by atoms with van der Waals surface area (Å²) in [5.41, 5.74) is 10.8. The Balaban J connectivity index is 2.49. The minimum absolute atomic E-state index is 0.0358. The summed E-state index contributed by atoms with van der Waals surface area (Å²) < 4.78 is 92.6. The number of hydrogen-bond donors (Lipinski definition) is 4. The highest BCUT2D eigenvalue weighted by atomic mass is 32.2. The standard InChI is InChI=1S/C14H16N2O9S3/c15-9-1-4-12(14(7-9)26(17,18)5-6-27(19,20)21)25-10-2-3-11(16)13(8-10)28(22,23)24/h1-4,7-8H,5-6,15-16H2,(H,19,20,21)(H,22,23,24). The highest BCUT2D eigenvalue weighted by molar-refractivity contribution is 7.93. The smallest absolute Gasteiger partial charge is 0.296 e. The van der Waals surface area contributed by atoms with Crippen LogP contribution in [0.4, 0.5) is 11.4 Å². The Morgan fingerprint density at radius 1 is 0.821 bits per heavy atom. The SMILES string of the molecule is Nc1ccc(Oc2ccc(N)c(S(=O)(=O)O)c2)c(S(=O)(=O)CCS(=O)(=O)O)c1. The molecule has 14 heteroatoms. The molecule has 0 atom stereocenters. The molecule has 0 spiro atoms. The number of sulfone groups is 1. The van der Waals surface area contributed by atoms with Gasteiger partial charge in [0.15, 0.2) is 9.84 Å². The van der Waals surface area contributed by atoms with Crippen LogP contribution < -0.4 is 16.2 Å². The van der Waals surface area contributed by atoms with Gasteiger partial charge in [0, 0.05) is 11.8 Å². The van der Waals surface area contributed by atoms with Gasteiger partial charge in [-0.05, 0) is 30.3 Å². The lowest BCUT2D eigenvalue weighted by Crippen LogP contribution is -2.17. The van der Waals surface area contributed by atoms with E-state index in [4.69, 9.17) is 20.8 Å². The molecule has 0 heterocycles. The van der Waals surface area contributed by atoms with Crippen molar-refractivity contribution < 1.29 is 39.1 Å². The number of rotatable bonds is 7. The number of hydrogen-bond acceptors (Lipinski definition) is 9. The average Bonchev–Trinajstić information content (AvgIpc) is 2.55. The fourth-order valence-electron chi connectivity index (χ4n) is 2.11. The average molecular weight is 452 g/mol. The quantitative estimate of drug-likeness (QED) is 0.337. The normalized spacial score (nSPS) is 12.6. The third-order valence-corrected chi connectivity index (χ3v) is 7.02. The van der Waals surface area contributed by atoms with Crippen LogP contribution in [-0.2, 0) is 30.1 Å². The predicted octanol–water partition coefficient (Wildman–Crippen LogP) is 0.552. The lowest BCUT2D eigenvalue weighted by molar-refractivity contribution is 0.461. The molecule has 28 heavy (non-hydrogen) atoms. The van der Waals surface area contributed by atoms with Crippen LogP contribution in [0.25, 0.3) is 0 Å². The summed E-state index contributed by atoms with van der Waals surface area (Å²) in [6, 6.07) is 6.75.